The normalized spacial score (nSPS) is 10.5. The molecule has 2 aromatic rings. The molecule has 1 aromatic heterocycles. The highest BCUT2D eigenvalue weighted by Gasteiger charge is 2.01. The highest BCUT2D eigenvalue weighted by Crippen LogP contribution is 2.09. The smallest absolute Gasteiger partial charge is 0.285 e. The van der Waals surface area contributed by atoms with E-state index in [1.54, 1.807) is 19.2 Å². The Bertz CT molecular complexity index is 512. The highest BCUT2D eigenvalue weighted by molar-refractivity contribution is 6.30. The number of halogens is 1. The second-order valence-corrected chi connectivity index (χ2v) is 3.74. The lowest BCUT2D eigenvalue weighted by atomic mass is 10.2. The Balaban J connectivity index is 2.26. The van der Waals surface area contributed by atoms with Crippen molar-refractivity contribution in [1.29, 1.82) is 0 Å². The number of benzene rings is 1. The van der Waals surface area contributed by atoms with Crippen LogP contribution in [0.2, 0.25) is 5.02 Å². The van der Waals surface area contributed by atoms with Crippen LogP contribution in [0.1, 0.15) is 5.56 Å². The van der Waals surface area contributed by atoms with E-state index in [1.807, 2.05) is 12.1 Å². The zero-order valence-corrected chi connectivity index (χ0v) is 8.98. The average molecular weight is 224 g/mol. The molecule has 78 valence electrons. The van der Waals surface area contributed by atoms with Gasteiger partial charge in [0.2, 0.25) is 0 Å². The molecule has 15 heavy (non-hydrogen) atoms. The van der Waals surface area contributed by atoms with Gasteiger partial charge in [0.05, 0.1) is 6.54 Å². The van der Waals surface area contributed by atoms with E-state index in [4.69, 9.17) is 11.6 Å². The Hall–Kier alpha value is -1.55. The van der Waals surface area contributed by atoms with Crippen molar-refractivity contribution in [2.45, 2.75) is 6.54 Å². The lowest BCUT2D eigenvalue weighted by Crippen LogP contribution is -2.23. The molecule has 4 nitrogen and oxygen atoms in total. The maximum Gasteiger partial charge on any atom is 0.345 e. The van der Waals surface area contributed by atoms with Crippen molar-refractivity contribution in [1.82, 2.24) is 14.3 Å². The molecule has 2 rings (SSSR count). The summed E-state index contributed by atoms with van der Waals surface area (Å²) in [4.78, 5) is 11.5. The minimum absolute atomic E-state index is 0.120. The van der Waals surface area contributed by atoms with Crippen molar-refractivity contribution >= 4 is 11.6 Å². The Morgan fingerprint density at radius 3 is 2.53 bits per heavy atom. The zero-order chi connectivity index (χ0) is 10.8. The summed E-state index contributed by atoms with van der Waals surface area (Å²) in [5, 5.41) is 4.65. The topological polar surface area (TPSA) is 39.8 Å². The Morgan fingerprint density at radius 2 is 2.00 bits per heavy atom. The Kier molecular flexibility index (Phi) is 2.60. The van der Waals surface area contributed by atoms with Crippen molar-refractivity contribution in [3.05, 3.63) is 51.7 Å². The van der Waals surface area contributed by atoms with Gasteiger partial charge in [-0.05, 0) is 17.7 Å². The van der Waals surface area contributed by atoms with Gasteiger partial charge in [0.1, 0.15) is 6.33 Å². The predicted molar refractivity (Wildman–Crippen MR) is 58.0 cm³/mol. The van der Waals surface area contributed by atoms with E-state index in [0.717, 1.165) is 5.56 Å². The van der Waals surface area contributed by atoms with Gasteiger partial charge in [0.25, 0.3) is 0 Å². The number of hydrogen-bond donors (Lipinski definition) is 0. The van der Waals surface area contributed by atoms with E-state index in [9.17, 15) is 4.79 Å². The molecular weight excluding hydrogens is 214 g/mol. The molecule has 0 atom stereocenters. The molecular formula is C10H10ClN3O. The van der Waals surface area contributed by atoms with Crippen molar-refractivity contribution in [2.24, 2.45) is 7.05 Å². The van der Waals surface area contributed by atoms with Crippen LogP contribution in [-0.2, 0) is 13.6 Å². The minimum atomic E-state index is -0.120. The van der Waals surface area contributed by atoms with E-state index >= 15 is 0 Å². The first-order chi connectivity index (χ1) is 7.16. The van der Waals surface area contributed by atoms with Crippen LogP contribution in [0.15, 0.2) is 35.4 Å². The van der Waals surface area contributed by atoms with E-state index in [2.05, 4.69) is 5.10 Å². The van der Waals surface area contributed by atoms with Crippen LogP contribution in [0.4, 0.5) is 0 Å². The van der Waals surface area contributed by atoms with Gasteiger partial charge >= 0.3 is 5.69 Å². The first kappa shape index (κ1) is 9.98. The summed E-state index contributed by atoms with van der Waals surface area (Å²) >= 11 is 5.76. The summed E-state index contributed by atoms with van der Waals surface area (Å²) in [6.07, 6.45) is 1.50. The molecule has 1 aromatic carbocycles. The predicted octanol–water partition coefficient (Wildman–Crippen LogP) is 1.28. The third kappa shape index (κ3) is 2.10. The van der Waals surface area contributed by atoms with Gasteiger partial charge in [-0.3, -0.25) is 4.57 Å². The summed E-state index contributed by atoms with van der Waals surface area (Å²) < 4.78 is 2.85. The van der Waals surface area contributed by atoms with Crippen molar-refractivity contribution < 1.29 is 0 Å². The fourth-order valence-electron chi connectivity index (χ4n) is 1.29. The lowest BCUT2D eigenvalue weighted by Gasteiger charge is -1.99. The summed E-state index contributed by atoms with van der Waals surface area (Å²) in [6, 6.07) is 7.35. The fourth-order valence-corrected chi connectivity index (χ4v) is 1.42. The average Bonchev–Trinajstić information content (AvgIpc) is 2.53. The number of aromatic nitrogens is 3. The summed E-state index contributed by atoms with van der Waals surface area (Å²) in [5.74, 6) is 0. The molecule has 0 amide bonds. The molecule has 0 fully saturated rings. The SMILES string of the molecule is Cn1cnn(Cc2ccc(Cl)cc2)c1=O. The molecule has 0 aliphatic heterocycles. The first-order valence-electron chi connectivity index (χ1n) is 4.50. The van der Waals surface area contributed by atoms with Crippen LogP contribution in [0.5, 0.6) is 0 Å². The Labute approximate surface area is 91.7 Å². The van der Waals surface area contributed by atoms with Crippen LogP contribution < -0.4 is 5.69 Å². The first-order valence-corrected chi connectivity index (χ1v) is 4.87. The highest BCUT2D eigenvalue weighted by atomic mass is 35.5. The van der Waals surface area contributed by atoms with Crippen LogP contribution in [-0.4, -0.2) is 14.3 Å². The second-order valence-electron chi connectivity index (χ2n) is 3.31. The van der Waals surface area contributed by atoms with Gasteiger partial charge in [-0.25, -0.2) is 9.48 Å². The van der Waals surface area contributed by atoms with Gasteiger partial charge in [0, 0.05) is 12.1 Å². The largest absolute Gasteiger partial charge is 0.345 e. The molecule has 0 spiro atoms. The van der Waals surface area contributed by atoms with Crippen LogP contribution >= 0.6 is 11.6 Å². The van der Waals surface area contributed by atoms with E-state index < -0.39 is 0 Å². The molecule has 1 heterocycles. The lowest BCUT2D eigenvalue weighted by molar-refractivity contribution is 0.647. The van der Waals surface area contributed by atoms with Gasteiger partial charge in [-0.2, -0.15) is 5.10 Å². The van der Waals surface area contributed by atoms with Crippen molar-refractivity contribution in [2.75, 3.05) is 0 Å². The van der Waals surface area contributed by atoms with Gasteiger partial charge in [0.15, 0.2) is 0 Å². The molecule has 0 saturated carbocycles. The Morgan fingerprint density at radius 1 is 1.33 bits per heavy atom. The van der Waals surface area contributed by atoms with Crippen molar-refractivity contribution in [3.63, 3.8) is 0 Å². The molecule has 5 heteroatoms. The molecule has 0 aliphatic carbocycles. The van der Waals surface area contributed by atoms with Crippen LogP contribution in [0, 0.1) is 0 Å². The maximum absolute atomic E-state index is 11.5. The van der Waals surface area contributed by atoms with Crippen LogP contribution in [0.3, 0.4) is 0 Å². The maximum atomic E-state index is 11.5. The monoisotopic (exact) mass is 223 g/mol. The third-order valence-electron chi connectivity index (χ3n) is 2.13. The molecule has 0 aliphatic rings. The van der Waals surface area contributed by atoms with E-state index in [1.165, 1.54) is 15.6 Å². The van der Waals surface area contributed by atoms with Gasteiger partial charge < -0.3 is 0 Å². The summed E-state index contributed by atoms with van der Waals surface area (Å²) in [7, 11) is 1.67. The van der Waals surface area contributed by atoms with Gasteiger partial charge in [-0.15, -0.1) is 0 Å². The minimum Gasteiger partial charge on any atom is -0.285 e. The van der Waals surface area contributed by atoms with Crippen LogP contribution in [0.25, 0.3) is 0 Å². The number of aryl methyl sites for hydroxylation is 1. The number of nitrogens with zero attached hydrogens (tertiary/aromatic N) is 3. The summed E-state index contributed by atoms with van der Waals surface area (Å²) in [6.45, 7) is 0.469. The standard InChI is InChI=1S/C10H10ClN3O/c1-13-7-12-14(10(13)15)6-8-2-4-9(11)5-3-8/h2-5,7H,6H2,1H3. The molecule has 0 N–H and O–H groups in total. The summed E-state index contributed by atoms with van der Waals surface area (Å²) in [5.41, 5.74) is 0.880. The number of rotatable bonds is 2. The molecule has 0 bridgehead atoms. The molecule has 0 unspecified atom stereocenters. The van der Waals surface area contributed by atoms with E-state index in [-0.39, 0.29) is 5.69 Å². The molecule has 0 saturated heterocycles. The molecule has 0 radical (unpaired) electrons. The fraction of sp³-hybridized carbons (Fsp3) is 0.200. The van der Waals surface area contributed by atoms with Crippen molar-refractivity contribution in [3.8, 4) is 0 Å². The number of hydrogen-bond acceptors (Lipinski definition) is 2. The quantitative estimate of drug-likeness (QED) is 0.770. The zero-order valence-electron chi connectivity index (χ0n) is 8.22. The van der Waals surface area contributed by atoms with Gasteiger partial charge in [-0.1, -0.05) is 23.7 Å². The van der Waals surface area contributed by atoms with E-state index in [0.29, 0.717) is 11.6 Å². The second kappa shape index (κ2) is 3.90. The third-order valence-corrected chi connectivity index (χ3v) is 2.38.